The molecule has 0 saturated carbocycles. The minimum atomic E-state index is 0.447. The first-order valence-electron chi connectivity index (χ1n) is 8.66. The summed E-state index contributed by atoms with van der Waals surface area (Å²) in [6.07, 6.45) is 0. The summed E-state index contributed by atoms with van der Waals surface area (Å²) < 4.78 is 11.7. The monoisotopic (exact) mass is 367 g/mol. The Bertz CT molecular complexity index is 837. The normalized spacial score (nSPS) is 10.4. The van der Waals surface area contributed by atoms with Crippen molar-refractivity contribution in [1.29, 1.82) is 0 Å². The Balaban J connectivity index is 1.67. The molecule has 1 N–H and O–H groups in total. The van der Waals surface area contributed by atoms with Crippen LogP contribution in [0.5, 0.6) is 11.5 Å². The van der Waals surface area contributed by atoms with Crippen molar-refractivity contribution in [2.24, 2.45) is 0 Å². The molecule has 3 nitrogen and oxygen atoms in total. The van der Waals surface area contributed by atoms with E-state index >= 15 is 0 Å². The number of halogens is 1. The van der Waals surface area contributed by atoms with Crippen molar-refractivity contribution < 1.29 is 9.47 Å². The number of benzene rings is 3. The highest BCUT2D eigenvalue weighted by Crippen LogP contribution is 2.30. The summed E-state index contributed by atoms with van der Waals surface area (Å²) in [5, 5.41) is 4.11. The first kappa shape index (κ1) is 18.2. The molecule has 4 heteroatoms. The molecule has 0 spiro atoms. The second-order valence-electron chi connectivity index (χ2n) is 5.85. The van der Waals surface area contributed by atoms with Gasteiger partial charge in [0.1, 0.15) is 6.61 Å². The first-order chi connectivity index (χ1) is 12.7. The Hall–Kier alpha value is -2.65. The van der Waals surface area contributed by atoms with E-state index in [1.54, 1.807) is 0 Å². The summed E-state index contributed by atoms with van der Waals surface area (Å²) in [6, 6.07) is 23.8. The Morgan fingerprint density at radius 2 is 1.65 bits per heavy atom. The molecule has 3 aromatic carbocycles. The Labute approximate surface area is 159 Å². The molecule has 3 rings (SSSR count). The second-order valence-corrected chi connectivity index (χ2v) is 6.29. The fourth-order valence-electron chi connectivity index (χ4n) is 2.60. The highest BCUT2D eigenvalue weighted by Gasteiger charge is 2.07. The highest BCUT2D eigenvalue weighted by molar-refractivity contribution is 6.30. The number of ether oxygens (including phenoxy) is 2. The summed E-state index contributed by atoms with van der Waals surface area (Å²) in [4.78, 5) is 0. The van der Waals surface area contributed by atoms with Gasteiger partial charge in [0.2, 0.25) is 0 Å². The van der Waals surface area contributed by atoms with E-state index < -0.39 is 0 Å². The predicted octanol–water partition coefficient (Wildman–Crippen LogP) is 5.93. The van der Waals surface area contributed by atoms with Crippen LogP contribution in [-0.2, 0) is 13.2 Å². The smallest absolute Gasteiger partial charge is 0.161 e. The van der Waals surface area contributed by atoms with Gasteiger partial charge in [-0.3, -0.25) is 0 Å². The van der Waals surface area contributed by atoms with E-state index in [4.69, 9.17) is 21.1 Å². The van der Waals surface area contributed by atoms with E-state index in [0.29, 0.717) is 18.2 Å². The zero-order chi connectivity index (χ0) is 18.2. The largest absolute Gasteiger partial charge is 0.490 e. The Morgan fingerprint density at radius 3 is 2.42 bits per heavy atom. The summed E-state index contributed by atoms with van der Waals surface area (Å²) in [5.41, 5.74) is 3.24. The highest BCUT2D eigenvalue weighted by atomic mass is 35.5. The van der Waals surface area contributed by atoms with E-state index in [-0.39, 0.29) is 0 Å². The molecule has 0 radical (unpaired) electrons. The number of hydrogen-bond donors (Lipinski definition) is 1. The molecule has 0 aliphatic carbocycles. The Kier molecular flexibility index (Phi) is 6.39. The summed E-state index contributed by atoms with van der Waals surface area (Å²) in [7, 11) is 0. The van der Waals surface area contributed by atoms with Gasteiger partial charge in [-0.1, -0.05) is 48.0 Å². The molecule has 0 aromatic heterocycles. The lowest BCUT2D eigenvalue weighted by Gasteiger charge is -2.14. The van der Waals surface area contributed by atoms with E-state index in [9.17, 15) is 0 Å². The fraction of sp³-hybridized carbons (Fsp3) is 0.182. The van der Waals surface area contributed by atoms with Crippen LogP contribution in [0.4, 0.5) is 5.69 Å². The van der Waals surface area contributed by atoms with E-state index in [1.807, 2.05) is 79.7 Å². The average Bonchev–Trinajstić information content (AvgIpc) is 2.67. The molecule has 0 atom stereocenters. The van der Waals surface area contributed by atoms with Crippen molar-refractivity contribution in [1.82, 2.24) is 0 Å². The molecule has 0 bridgehead atoms. The van der Waals surface area contributed by atoms with E-state index in [0.717, 1.165) is 34.9 Å². The number of anilines is 1. The van der Waals surface area contributed by atoms with Crippen LogP contribution in [-0.4, -0.2) is 6.61 Å². The number of hydrogen-bond acceptors (Lipinski definition) is 3. The third-order valence-corrected chi connectivity index (χ3v) is 4.10. The molecule has 0 heterocycles. The quantitative estimate of drug-likeness (QED) is 0.535. The van der Waals surface area contributed by atoms with Crippen LogP contribution in [0, 0.1) is 0 Å². The first-order valence-corrected chi connectivity index (χ1v) is 9.04. The van der Waals surface area contributed by atoms with E-state index in [2.05, 4.69) is 5.32 Å². The van der Waals surface area contributed by atoms with Crippen molar-refractivity contribution in [3.8, 4) is 11.5 Å². The van der Waals surface area contributed by atoms with E-state index in [1.165, 1.54) is 0 Å². The third-order valence-electron chi connectivity index (χ3n) is 3.86. The topological polar surface area (TPSA) is 30.5 Å². The van der Waals surface area contributed by atoms with Crippen LogP contribution in [0.1, 0.15) is 18.1 Å². The maximum atomic E-state index is 6.03. The van der Waals surface area contributed by atoms with Crippen LogP contribution in [0.2, 0.25) is 5.02 Å². The van der Waals surface area contributed by atoms with Gasteiger partial charge in [-0.15, -0.1) is 0 Å². The molecule has 0 fully saturated rings. The molecule has 0 unspecified atom stereocenters. The minimum Gasteiger partial charge on any atom is -0.490 e. The molecular formula is C22H22ClNO2. The Morgan fingerprint density at radius 1 is 0.808 bits per heavy atom. The van der Waals surface area contributed by atoms with Crippen LogP contribution in [0.25, 0.3) is 0 Å². The summed E-state index contributed by atoms with van der Waals surface area (Å²) in [6.45, 7) is 3.72. The molecule has 3 aromatic rings. The lowest BCUT2D eigenvalue weighted by Crippen LogP contribution is -2.03. The summed E-state index contributed by atoms with van der Waals surface area (Å²) >= 11 is 6.03. The number of nitrogens with one attached hydrogen (secondary N) is 1. The van der Waals surface area contributed by atoms with Gasteiger partial charge in [-0.2, -0.15) is 0 Å². The van der Waals surface area contributed by atoms with Crippen molar-refractivity contribution in [3.63, 3.8) is 0 Å². The van der Waals surface area contributed by atoms with Crippen molar-refractivity contribution >= 4 is 17.3 Å². The van der Waals surface area contributed by atoms with Crippen LogP contribution < -0.4 is 14.8 Å². The van der Waals surface area contributed by atoms with Gasteiger partial charge in [0.05, 0.1) is 6.61 Å². The molecule has 0 amide bonds. The standard InChI is InChI=1S/C22H22ClNO2/c1-2-25-22-14-17(15-24-20-9-4-3-5-10-20)11-12-21(22)26-16-18-7-6-8-19(23)13-18/h3-14,24H,2,15-16H2,1H3. The fourth-order valence-corrected chi connectivity index (χ4v) is 2.81. The van der Waals surface area contributed by atoms with Gasteiger partial charge in [0, 0.05) is 17.3 Å². The number of para-hydroxylation sites is 1. The zero-order valence-corrected chi connectivity index (χ0v) is 15.5. The second kappa shape index (κ2) is 9.16. The lowest BCUT2D eigenvalue weighted by atomic mass is 10.2. The molecule has 0 aliphatic rings. The van der Waals surface area contributed by atoms with Crippen molar-refractivity contribution in [2.45, 2.75) is 20.1 Å². The van der Waals surface area contributed by atoms with Crippen LogP contribution >= 0.6 is 11.6 Å². The molecule has 134 valence electrons. The van der Waals surface area contributed by atoms with Gasteiger partial charge < -0.3 is 14.8 Å². The zero-order valence-electron chi connectivity index (χ0n) is 14.7. The molecule has 0 aliphatic heterocycles. The van der Waals surface area contributed by atoms with Gasteiger partial charge in [0.25, 0.3) is 0 Å². The lowest BCUT2D eigenvalue weighted by molar-refractivity contribution is 0.269. The summed E-state index contributed by atoms with van der Waals surface area (Å²) in [5.74, 6) is 1.48. The maximum absolute atomic E-state index is 6.03. The molecular weight excluding hydrogens is 346 g/mol. The SMILES string of the molecule is CCOc1cc(CNc2ccccc2)ccc1OCc1cccc(Cl)c1. The minimum absolute atomic E-state index is 0.447. The van der Waals surface area contributed by atoms with Gasteiger partial charge in [-0.05, 0) is 54.4 Å². The third kappa shape index (κ3) is 5.17. The van der Waals surface area contributed by atoms with Crippen molar-refractivity contribution in [2.75, 3.05) is 11.9 Å². The van der Waals surface area contributed by atoms with Crippen LogP contribution in [0.3, 0.4) is 0 Å². The predicted molar refractivity (Wildman–Crippen MR) is 107 cm³/mol. The van der Waals surface area contributed by atoms with Gasteiger partial charge in [-0.25, -0.2) is 0 Å². The van der Waals surface area contributed by atoms with Crippen molar-refractivity contribution in [3.05, 3.63) is 88.9 Å². The van der Waals surface area contributed by atoms with Crippen LogP contribution in [0.15, 0.2) is 72.8 Å². The molecule has 0 saturated heterocycles. The maximum Gasteiger partial charge on any atom is 0.161 e. The number of rotatable bonds is 8. The average molecular weight is 368 g/mol. The van der Waals surface area contributed by atoms with Gasteiger partial charge in [0.15, 0.2) is 11.5 Å². The molecule has 26 heavy (non-hydrogen) atoms. The van der Waals surface area contributed by atoms with Gasteiger partial charge >= 0.3 is 0 Å².